The fraction of sp³-hybridized carbons (Fsp3) is 1.00. The maximum atomic E-state index is 9.46. The van der Waals surface area contributed by atoms with Gasteiger partial charge in [-0.1, -0.05) is 0 Å². The number of piperidine rings is 1. The summed E-state index contributed by atoms with van der Waals surface area (Å²) in [6, 6.07) is 0.300. The van der Waals surface area contributed by atoms with Gasteiger partial charge in [-0.15, -0.1) is 24.8 Å². The summed E-state index contributed by atoms with van der Waals surface area (Å²) < 4.78 is 0. The summed E-state index contributed by atoms with van der Waals surface area (Å²) in [5.74, 6) is 0. The molecule has 0 aromatic carbocycles. The van der Waals surface area contributed by atoms with E-state index in [0.717, 1.165) is 19.5 Å². The van der Waals surface area contributed by atoms with E-state index < -0.39 is 0 Å². The lowest BCUT2D eigenvalue weighted by Gasteiger charge is -2.33. The number of nitrogens with one attached hydrogen (secondary N) is 1. The highest BCUT2D eigenvalue weighted by Crippen LogP contribution is 2.07. The van der Waals surface area contributed by atoms with E-state index in [1.54, 1.807) is 0 Å². The Morgan fingerprint density at radius 1 is 1.33 bits per heavy atom. The van der Waals surface area contributed by atoms with Crippen molar-refractivity contribution in [2.24, 2.45) is 0 Å². The molecule has 2 atom stereocenters. The summed E-state index contributed by atoms with van der Waals surface area (Å²) in [6.45, 7) is 1.86. The van der Waals surface area contributed by atoms with Crippen molar-refractivity contribution in [1.82, 2.24) is 10.2 Å². The van der Waals surface area contributed by atoms with Gasteiger partial charge in [0.25, 0.3) is 0 Å². The van der Waals surface area contributed by atoms with Gasteiger partial charge >= 0.3 is 0 Å². The van der Waals surface area contributed by atoms with Crippen molar-refractivity contribution >= 4 is 24.8 Å². The smallest absolute Gasteiger partial charge is 0.0719 e. The minimum absolute atomic E-state index is 0. The predicted molar refractivity (Wildman–Crippen MR) is 55.5 cm³/mol. The van der Waals surface area contributed by atoms with Crippen LogP contribution in [-0.2, 0) is 0 Å². The molecular weight excluding hydrogens is 199 g/mol. The molecule has 0 spiro atoms. The van der Waals surface area contributed by atoms with Crippen molar-refractivity contribution in [2.75, 3.05) is 27.2 Å². The van der Waals surface area contributed by atoms with Crippen molar-refractivity contribution in [3.8, 4) is 0 Å². The Morgan fingerprint density at radius 3 is 2.25 bits per heavy atom. The molecule has 12 heavy (non-hydrogen) atoms. The zero-order valence-electron chi connectivity index (χ0n) is 7.49. The van der Waals surface area contributed by atoms with E-state index in [-0.39, 0.29) is 30.9 Å². The van der Waals surface area contributed by atoms with Crippen molar-refractivity contribution in [2.45, 2.75) is 18.6 Å². The van der Waals surface area contributed by atoms with E-state index in [1.807, 2.05) is 14.1 Å². The first kappa shape index (κ1) is 15.0. The van der Waals surface area contributed by atoms with Crippen molar-refractivity contribution in [3.05, 3.63) is 0 Å². The molecule has 1 aliphatic rings. The number of halogens is 2. The first-order chi connectivity index (χ1) is 4.72. The van der Waals surface area contributed by atoms with E-state index in [4.69, 9.17) is 0 Å². The van der Waals surface area contributed by atoms with E-state index in [2.05, 4.69) is 10.2 Å². The molecule has 0 unspecified atom stereocenters. The zero-order chi connectivity index (χ0) is 7.56. The Kier molecular flexibility index (Phi) is 8.63. The number of likely N-dealkylation sites (N-methyl/N-ethyl adjacent to an activating group) is 1. The first-order valence-electron chi connectivity index (χ1n) is 3.77. The average molecular weight is 217 g/mol. The highest BCUT2D eigenvalue weighted by molar-refractivity contribution is 5.85. The topological polar surface area (TPSA) is 35.5 Å². The summed E-state index contributed by atoms with van der Waals surface area (Å²) in [6.07, 6.45) is 0.735. The number of hydrogen-bond acceptors (Lipinski definition) is 3. The fourth-order valence-corrected chi connectivity index (χ4v) is 1.36. The number of aliphatic hydroxyl groups excluding tert-OH is 1. The van der Waals surface area contributed by atoms with Crippen LogP contribution in [0.5, 0.6) is 0 Å². The SMILES string of the molecule is CN(C)[C@@H]1CNCC[C@@H]1O.Cl.Cl. The molecule has 3 nitrogen and oxygen atoms in total. The van der Waals surface area contributed by atoms with Gasteiger partial charge in [-0.05, 0) is 27.1 Å². The molecule has 0 aromatic heterocycles. The summed E-state index contributed by atoms with van der Waals surface area (Å²) in [5, 5.41) is 12.7. The van der Waals surface area contributed by atoms with Crippen LogP contribution in [0.15, 0.2) is 0 Å². The van der Waals surface area contributed by atoms with Gasteiger partial charge in [0.15, 0.2) is 0 Å². The van der Waals surface area contributed by atoms with Crippen LogP contribution in [0.1, 0.15) is 6.42 Å². The molecule has 76 valence electrons. The van der Waals surface area contributed by atoms with Crippen LogP contribution in [0.2, 0.25) is 0 Å². The van der Waals surface area contributed by atoms with Crippen molar-refractivity contribution in [1.29, 1.82) is 0 Å². The van der Waals surface area contributed by atoms with Crippen LogP contribution >= 0.6 is 24.8 Å². The van der Waals surface area contributed by atoms with Crippen LogP contribution in [0.25, 0.3) is 0 Å². The summed E-state index contributed by atoms with van der Waals surface area (Å²) in [4.78, 5) is 2.07. The molecule has 0 saturated carbocycles. The second-order valence-electron chi connectivity index (χ2n) is 3.09. The van der Waals surface area contributed by atoms with Crippen LogP contribution in [0.4, 0.5) is 0 Å². The average Bonchev–Trinajstić information content (AvgIpc) is 1.88. The zero-order valence-corrected chi connectivity index (χ0v) is 9.12. The second-order valence-corrected chi connectivity index (χ2v) is 3.09. The third-order valence-electron chi connectivity index (χ3n) is 2.08. The highest BCUT2D eigenvalue weighted by atomic mass is 35.5. The predicted octanol–water partition coefficient (Wildman–Crippen LogP) is 0.114. The molecule has 1 heterocycles. The normalized spacial score (nSPS) is 29.0. The largest absolute Gasteiger partial charge is 0.391 e. The Morgan fingerprint density at radius 2 is 1.92 bits per heavy atom. The van der Waals surface area contributed by atoms with Gasteiger partial charge < -0.3 is 15.3 Å². The van der Waals surface area contributed by atoms with Crippen molar-refractivity contribution < 1.29 is 5.11 Å². The van der Waals surface area contributed by atoms with Gasteiger partial charge in [0, 0.05) is 12.6 Å². The van der Waals surface area contributed by atoms with Crippen LogP contribution in [0.3, 0.4) is 0 Å². The van der Waals surface area contributed by atoms with Gasteiger partial charge in [0.05, 0.1) is 6.10 Å². The summed E-state index contributed by atoms with van der Waals surface area (Å²) in [5.41, 5.74) is 0. The maximum Gasteiger partial charge on any atom is 0.0719 e. The van der Waals surface area contributed by atoms with Crippen molar-refractivity contribution in [3.63, 3.8) is 0 Å². The van der Waals surface area contributed by atoms with E-state index in [9.17, 15) is 5.11 Å². The second kappa shape index (κ2) is 6.92. The number of rotatable bonds is 1. The van der Waals surface area contributed by atoms with Crippen LogP contribution < -0.4 is 5.32 Å². The van der Waals surface area contributed by atoms with E-state index >= 15 is 0 Å². The Bertz CT molecular complexity index is 114. The summed E-state index contributed by atoms with van der Waals surface area (Å²) >= 11 is 0. The van der Waals surface area contributed by atoms with Gasteiger partial charge in [0.2, 0.25) is 0 Å². The van der Waals surface area contributed by atoms with Crippen LogP contribution in [0, 0.1) is 0 Å². The lowest BCUT2D eigenvalue weighted by Crippen LogP contribution is -2.51. The summed E-state index contributed by atoms with van der Waals surface area (Å²) in [7, 11) is 4.00. The molecule has 1 fully saturated rings. The number of nitrogens with zero attached hydrogens (tertiary/aromatic N) is 1. The Labute approximate surface area is 86.3 Å². The van der Waals surface area contributed by atoms with Crippen LogP contribution in [-0.4, -0.2) is 49.3 Å². The monoisotopic (exact) mass is 216 g/mol. The fourth-order valence-electron chi connectivity index (χ4n) is 1.36. The first-order valence-corrected chi connectivity index (χ1v) is 3.77. The molecule has 0 aromatic rings. The molecule has 1 rings (SSSR count). The van der Waals surface area contributed by atoms with Gasteiger partial charge in [-0.2, -0.15) is 0 Å². The molecule has 0 bridgehead atoms. The van der Waals surface area contributed by atoms with E-state index in [1.165, 1.54) is 0 Å². The third kappa shape index (κ3) is 3.92. The molecule has 1 saturated heterocycles. The van der Waals surface area contributed by atoms with Gasteiger partial charge in [-0.3, -0.25) is 0 Å². The lowest BCUT2D eigenvalue weighted by molar-refractivity contribution is 0.0523. The minimum Gasteiger partial charge on any atom is -0.391 e. The minimum atomic E-state index is -0.142. The highest BCUT2D eigenvalue weighted by Gasteiger charge is 2.23. The molecule has 0 amide bonds. The molecular formula is C7H18Cl2N2O. The third-order valence-corrected chi connectivity index (χ3v) is 2.08. The molecule has 0 aliphatic carbocycles. The number of hydrogen-bond donors (Lipinski definition) is 2. The standard InChI is InChI=1S/C7H16N2O.2ClH/c1-9(2)6-5-8-4-3-7(6)10;;/h6-8,10H,3-5H2,1-2H3;2*1H/t6-,7+;;/m1../s1. The molecule has 5 heteroatoms. The molecule has 0 radical (unpaired) electrons. The molecule has 1 aliphatic heterocycles. The van der Waals surface area contributed by atoms with Gasteiger partial charge in [0.1, 0.15) is 0 Å². The number of aliphatic hydroxyl groups is 1. The molecule has 2 N–H and O–H groups in total. The Balaban J connectivity index is 0. The lowest BCUT2D eigenvalue weighted by atomic mass is 10.0. The van der Waals surface area contributed by atoms with Gasteiger partial charge in [-0.25, -0.2) is 0 Å². The quantitative estimate of drug-likeness (QED) is 0.654. The Hall–Kier alpha value is 0.460. The maximum absolute atomic E-state index is 9.46. The van der Waals surface area contributed by atoms with E-state index in [0.29, 0.717) is 6.04 Å².